The van der Waals surface area contributed by atoms with Gasteiger partial charge in [-0.3, -0.25) is 0 Å². The molecule has 0 heterocycles. The average Bonchev–Trinajstić information content (AvgIpc) is 2.28. The molecule has 1 aromatic carbocycles. The number of nitrogens with one attached hydrogen (secondary N) is 1. The van der Waals surface area contributed by atoms with Crippen molar-refractivity contribution < 1.29 is 9.90 Å². The summed E-state index contributed by atoms with van der Waals surface area (Å²) in [6.07, 6.45) is 1.28. The number of aliphatic carboxylic acids is 1. The van der Waals surface area contributed by atoms with E-state index >= 15 is 0 Å². The Balaban J connectivity index is 2.97. The molecule has 1 unspecified atom stereocenters. The molecule has 0 fully saturated rings. The van der Waals surface area contributed by atoms with Gasteiger partial charge in [0.15, 0.2) is 0 Å². The number of halogens is 1. The monoisotopic (exact) mass is 296 g/mol. The van der Waals surface area contributed by atoms with Gasteiger partial charge in [0, 0.05) is 4.47 Å². The first-order valence-corrected chi connectivity index (χ1v) is 6.07. The van der Waals surface area contributed by atoms with Crippen molar-refractivity contribution in [1.29, 1.82) is 5.26 Å². The highest BCUT2D eigenvalue weighted by Crippen LogP contribution is 2.24. The zero-order chi connectivity index (χ0) is 12.8. The molecular formula is C12H13BrN2O2. The minimum atomic E-state index is -0.907. The molecule has 90 valence electrons. The van der Waals surface area contributed by atoms with Crippen LogP contribution in [-0.2, 0) is 4.79 Å². The van der Waals surface area contributed by atoms with Crippen molar-refractivity contribution in [3.05, 3.63) is 28.2 Å². The second-order valence-electron chi connectivity index (χ2n) is 3.60. The van der Waals surface area contributed by atoms with E-state index in [1.54, 1.807) is 18.2 Å². The Morgan fingerprint density at radius 1 is 1.65 bits per heavy atom. The number of carbonyl (C=O) groups is 1. The van der Waals surface area contributed by atoms with Gasteiger partial charge in [0.05, 0.1) is 11.3 Å². The van der Waals surface area contributed by atoms with Crippen LogP contribution in [0.5, 0.6) is 0 Å². The van der Waals surface area contributed by atoms with Crippen LogP contribution in [-0.4, -0.2) is 17.1 Å². The highest BCUT2D eigenvalue weighted by atomic mass is 79.9. The maximum absolute atomic E-state index is 11.0. The first-order chi connectivity index (χ1) is 8.10. The van der Waals surface area contributed by atoms with Crippen LogP contribution in [0, 0.1) is 11.3 Å². The molecule has 17 heavy (non-hydrogen) atoms. The van der Waals surface area contributed by atoms with Crippen molar-refractivity contribution in [3.63, 3.8) is 0 Å². The van der Waals surface area contributed by atoms with Gasteiger partial charge in [-0.1, -0.05) is 19.4 Å². The van der Waals surface area contributed by atoms with Gasteiger partial charge in [-0.25, -0.2) is 4.79 Å². The van der Waals surface area contributed by atoms with Gasteiger partial charge in [-0.15, -0.1) is 0 Å². The lowest BCUT2D eigenvalue weighted by Crippen LogP contribution is -2.29. The Labute approximate surface area is 108 Å². The van der Waals surface area contributed by atoms with E-state index in [-0.39, 0.29) is 0 Å². The molecule has 0 radical (unpaired) electrons. The summed E-state index contributed by atoms with van der Waals surface area (Å²) < 4.78 is 0.658. The fourth-order valence-corrected chi connectivity index (χ4v) is 1.95. The van der Waals surface area contributed by atoms with Gasteiger partial charge < -0.3 is 10.4 Å². The molecular weight excluding hydrogens is 284 g/mol. The van der Waals surface area contributed by atoms with Crippen LogP contribution < -0.4 is 5.32 Å². The Bertz CT molecular complexity index is 454. The fourth-order valence-electron chi connectivity index (χ4n) is 1.49. The van der Waals surface area contributed by atoms with Crippen LogP contribution in [0.15, 0.2) is 22.7 Å². The minimum Gasteiger partial charge on any atom is -0.480 e. The molecule has 0 aliphatic rings. The number of rotatable bonds is 5. The second kappa shape index (κ2) is 6.26. The molecule has 0 aromatic heterocycles. The molecule has 0 saturated heterocycles. The van der Waals surface area contributed by atoms with Gasteiger partial charge in [0.1, 0.15) is 12.1 Å². The lowest BCUT2D eigenvalue weighted by molar-refractivity contribution is -0.138. The van der Waals surface area contributed by atoms with E-state index in [0.717, 1.165) is 6.42 Å². The topological polar surface area (TPSA) is 73.1 Å². The van der Waals surface area contributed by atoms with Crippen LogP contribution in [0.2, 0.25) is 0 Å². The summed E-state index contributed by atoms with van der Waals surface area (Å²) in [6.45, 7) is 1.92. The Morgan fingerprint density at radius 3 is 2.88 bits per heavy atom. The fraction of sp³-hybridized carbons (Fsp3) is 0.333. The summed E-state index contributed by atoms with van der Waals surface area (Å²) >= 11 is 3.26. The normalized spacial score (nSPS) is 11.6. The summed E-state index contributed by atoms with van der Waals surface area (Å²) in [4.78, 5) is 11.0. The van der Waals surface area contributed by atoms with Gasteiger partial charge in [0.2, 0.25) is 0 Å². The molecule has 5 heteroatoms. The number of hydrogen-bond acceptors (Lipinski definition) is 3. The number of carboxylic acids is 1. The highest BCUT2D eigenvalue weighted by Gasteiger charge is 2.17. The van der Waals surface area contributed by atoms with Crippen LogP contribution >= 0.6 is 15.9 Å². The van der Waals surface area contributed by atoms with Crippen molar-refractivity contribution >= 4 is 27.6 Å². The summed E-state index contributed by atoms with van der Waals surface area (Å²) in [5.41, 5.74) is 0.970. The van der Waals surface area contributed by atoms with E-state index in [2.05, 4.69) is 21.2 Å². The molecule has 0 bridgehead atoms. The van der Waals surface area contributed by atoms with E-state index in [4.69, 9.17) is 10.4 Å². The molecule has 0 aliphatic heterocycles. The quantitative estimate of drug-likeness (QED) is 0.876. The first kappa shape index (κ1) is 13.5. The standard InChI is InChI=1S/C12H13BrN2O2/c1-2-4-11(12(16)17)15-10-6-3-5-9(13)8(10)7-14/h3,5-6,11,15H,2,4H2,1H3,(H,16,17). The third kappa shape index (κ3) is 3.46. The van der Waals surface area contributed by atoms with E-state index in [1.165, 1.54) is 0 Å². The summed E-state index contributed by atoms with van der Waals surface area (Å²) in [5.74, 6) is -0.907. The summed E-state index contributed by atoms with van der Waals surface area (Å²) in [5, 5.41) is 20.9. The highest BCUT2D eigenvalue weighted by molar-refractivity contribution is 9.10. The summed E-state index contributed by atoms with van der Waals surface area (Å²) in [6, 6.07) is 6.60. The lowest BCUT2D eigenvalue weighted by Gasteiger charge is -2.16. The minimum absolute atomic E-state index is 0.426. The third-order valence-electron chi connectivity index (χ3n) is 2.33. The molecule has 1 rings (SSSR count). The lowest BCUT2D eigenvalue weighted by atomic mass is 10.1. The smallest absolute Gasteiger partial charge is 0.326 e. The van der Waals surface area contributed by atoms with Gasteiger partial charge in [0.25, 0.3) is 0 Å². The van der Waals surface area contributed by atoms with Crippen LogP contribution in [0.3, 0.4) is 0 Å². The number of anilines is 1. The molecule has 2 N–H and O–H groups in total. The SMILES string of the molecule is CCCC(Nc1cccc(Br)c1C#N)C(=O)O. The number of benzene rings is 1. The van der Waals surface area contributed by atoms with Crippen LogP contribution in [0.4, 0.5) is 5.69 Å². The molecule has 0 aliphatic carbocycles. The van der Waals surface area contributed by atoms with E-state index < -0.39 is 12.0 Å². The number of carboxylic acid groups (broad SMARTS) is 1. The average molecular weight is 297 g/mol. The molecule has 0 spiro atoms. The van der Waals surface area contributed by atoms with Crippen molar-refractivity contribution in [2.75, 3.05) is 5.32 Å². The number of nitriles is 1. The molecule has 4 nitrogen and oxygen atoms in total. The van der Waals surface area contributed by atoms with E-state index in [9.17, 15) is 4.79 Å². The third-order valence-corrected chi connectivity index (χ3v) is 2.99. The Morgan fingerprint density at radius 2 is 2.35 bits per heavy atom. The second-order valence-corrected chi connectivity index (χ2v) is 4.45. The van der Waals surface area contributed by atoms with Crippen molar-refractivity contribution in [2.45, 2.75) is 25.8 Å². The van der Waals surface area contributed by atoms with Crippen molar-refractivity contribution in [2.24, 2.45) is 0 Å². The van der Waals surface area contributed by atoms with E-state index in [0.29, 0.717) is 22.1 Å². The first-order valence-electron chi connectivity index (χ1n) is 5.28. The predicted molar refractivity (Wildman–Crippen MR) is 68.8 cm³/mol. The molecule has 0 saturated carbocycles. The summed E-state index contributed by atoms with van der Waals surface area (Å²) in [7, 11) is 0. The predicted octanol–water partition coefficient (Wildman–Crippen LogP) is 2.99. The van der Waals surface area contributed by atoms with E-state index in [1.807, 2.05) is 13.0 Å². The Hall–Kier alpha value is -1.54. The molecule has 1 atom stereocenters. The van der Waals surface area contributed by atoms with Gasteiger partial charge >= 0.3 is 5.97 Å². The van der Waals surface area contributed by atoms with Crippen LogP contribution in [0.1, 0.15) is 25.3 Å². The van der Waals surface area contributed by atoms with Gasteiger partial charge in [-0.2, -0.15) is 5.26 Å². The number of nitrogens with zero attached hydrogens (tertiary/aromatic N) is 1. The maximum Gasteiger partial charge on any atom is 0.326 e. The maximum atomic E-state index is 11.0. The number of hydrogen-bond donors (Lipinski definition) is 2. The zero-order valence-corrected chi connectivity index (χ0v) is 11.0. The van der Waals surface area contributed by atoms with Crippen molar-refractivity contribution in [3.8, 4) is 6.07 Å². The molecule has 1 aromatic rings. The zero-order valence-electron chi connectivity index (χ0n) is 9.40. The molecule has 0 amide bonds. The van der Waals surface area contributed by atoms with Crippen molar-refractivity contribution in [1.82, 2.24) is 0 Å². The van der Waals surface area contributed by atoms with Crippen LogP contribution in [0.25, 0.3) is 0 Å². The Kier molecular flexibility index (Phi) is 4.98. The van der Waals surface area contributed by atoms with Gasteiger partial charge in [-0.05, 0) is 34.5 Å². The largest absolute Gasteiger partial charge is 0.480 e.